The van der Waals surface area contributed by atoms with E-state index in [0.29, 0.717) is 5.69 Å². The first-order chi connectivity index (χ1) is 10.0. The van der Waals surface area contributed by atoms with E-state index in [1.165, 1.54) is 0 Å². The molecular weight excluding hydrogens is 262 g/mol. The van der Waals surface area contributed by atoms with Crippen LogP contribution in [0, 0.1) is 6.92 Å². The number of nitrogens with two attached hydrogens (primary N) is 1. The molecule has 0 unspecified atom stereocenters. The van der Waals surface area contributed by atoms with Crippen molar-refractivity contribution in [2.24, 2.45) is 0 Å². The second-order valence-corrected chi connectivity index (χ2v) is 5.52. The van der Waals surface area contributed by atoms with Gasteiger partial charge in [-0.2, -0.15) is 0 Å². The summed E-state index contributed by atoms with van der Waals surface area (Å²) in [6.07, 6.45) is 4.20. The molecule has 2 heterocycles. The van der Waals surface area contributed by atoms with Crippen LogP contribution >= 0.6 is 0 Å². The molecule has 2 aromatic heterocycles. The highest BCUT2D eigenvalue weighted by atomic mass is 16.5. The standard InChI is InChI=1S/C17H19N3O/c1-11(2)21-14-6-4-13(5-7-14)16-10-20-9-12(3)8-15(18)17(20)19-16/h4-11H,18H2,1-3H3. The molecule has 0 fully saturated rings. The molecule has 0 spiro atoms. The van der Waals surface area contributed by atoms with E-state index in [1.54, 1.807) is 0 Å². The van der Waals surface area contributed by atoms with E-state index < -0.39 is 0 Å². The zero-order valence-electron chi connectivity index (χ0n) is 12.5. The Morgan fingerprint density at radius 2 is 1.86 bits per heavy atom. The Kier molecular flexibility index (Phi) is 3.29. The Balaban J connectivity index is 1.98. The van der Waals surface area contributed by atoms with Crippen molar-refractivity contribution in [1.29, 1.82) is 0 Å². The van der Waals surface area contributed by atoms with Crippen LogP contribution in [0.5, 0.6) is 5.75 Å². The summed E-state index contributed by atoms with van der Waals surface area (Å²) in [5.41, 5.74) is 10.6. The number of hydrogen-bond acceptors (Lipinski definition) is 3. The smallest absolute Gasteiger partial charge is 0.160 e. The molecule has 2 N–H and O–H groups in total. The lowest BCUT2D eigenvalue weighted by Gasteiger charge is -2.09. The lowest BCUT2D eigenvalue weighted by atomic mass is 10.1. The Hall–Kier alpha value is -2.49. The van der Waals surface area contributed by atoms with Gasteiger partial charge < -0.3 is 14.9 Å². The number of aryl methyl sites for hydroxylation is 1. The first-order valence-electron chi connectivity index (χ1n) is 7.05. The number of nitrogens with zero attached hydrogens (tertiary/aromatic N) is 2. The zero-order chi connectivity index (χ0) is 15.0. The molecule has 0 radical (unpaired) electrons. The summed E-state index contributed by atoms with van der Waals surface area (Å²) in [7, 11) is 0. The highest BCUT2D eigenvalue weighted by molar-refractivity contribution is 5.71. The molecule has 1 aromatic carbocycles. The van der Waals surface area contributed by atoms with Crippen molar-refractivity contribution in [1.82, 2.24) is 9.38 Å². The Morgan fingerprint density at radius 1 is 1.14 bits per heavy atom. The lowest BCUT2D eigenvalue weighted by molar-refractivity contribution is 0.242. The number of imidazole rings is 1. The summed E-state index contributed by atoms with van der Waals surface area (Å²) in [5.74, 6) is 0.868. The Morgan fingerprint density at radius 3 is 2.52 bits per heavy atom. The van der Waals surface area contributed by atoms with E-state index >= 15 is 0 Å². The van der Waals surface area contributed by atoms with Crippen LogP contribution in [0.3, 0.4) is 0 Å². The fourth-order valence-corrected chi connectivity index (χ4v) is 2.39. The van der Waals surface area contributed by atoms with Gasteiger partial charge in [-0.1, -0.05) is 0 Å². The summed E-state index contributed by atoms with van der Waals surface area (Å²) in [6, 6.07) is 9.90. The van der Waals surface area contributed by atoms with Crippen LogP contribution in [-0.4, -0.2) is 15.5 Å². The quantitative estimate of drug-likeness (QED) is 0.796. The highest BCUT2D eigenvalue weighted by Crippen LogP contribution is 2.25. The molecule has 0 aliphatic heterocycles. The van der Waals surface area contributed by atoms with Gasteiger partial charge in [-0.3, -0.25) is 0 Å². The van der Waals surface area contributed by atoms with Crippen molar-refractivity contribution in [2.75, 3.05) is 5.73 Å². The van der Waals surface area contributed by atoms with E-state index in [2.05, 4.69) is 4.98 Å². The van der Waals surface area contributed by atoms with E-state index in [1.807, 2.05) is 67.9 Å². The summed E-state index contributed by atoms with van der Waals surface area (Å²) in [6.45, 7) is 6.05. The minimum Gasteiger partial charge on any atom is -0.491 e. The van der Waals surface area contributed by atoms with Gasteiger partial charge in [0.1, 0.15) is 5.75 Å². The van der Waals surface area contributed by atoms with Gasteiger partial charge in [0.05, 0.1) is 17.5 Å². The summed E-state index contributed by atoms with van der Waals surface area (Å²) in [5, 5.41) is 0. The zero-order valence-corrected chi connectivity index (χ0v) is 12.5. The maximum Gasteiger partial charge on any atom is 0.160 e. The van der Waals surface area contributed by atoms with Crippen LogP contribution in [0.25, 0.3) is 16.9 Å². The van der Waals surface area contributed by atoms with Crippen LogP contribution in [-0.2, 0) is 0 Å². The number of benzene rings is 1. The van der Waals surface area contributed by atoms with Crippen LogP contribution in [0.1, 0.15) is 19.4 Å². The summed E-state index contributed by atoms with van der Waals surface area (Å²) < 4.78 is 7.62. The van der Waals surface area contributed by atoms with Gasteiger partial charge in [0.15, 0.2) is 5.65 Å². The number of fused-ring (bicyclic) bond motifs is 1. The predicted octanol–water partition coefficient (Wildman–Crippen LogP) is 3.68. The number of hydrogen-bond donors (Lipinski definition) is 1. The molecular formula is C17H19N3O. The van der Waals surface area contributed by atoms with Crippen LogP contribution in [0.15, 0.2) is 42.7 Å². The van der Waals surface area contributed by atoms with E-state index in [0.717, 1.165) is 28.2 Å². The highest BCUT2D eigenvalue weighted by Gasteiger charge is 2.08. The molecule has 0 aliphatic carbocycles. The number of ether oxygens (including phenoxy) is 1. The third-order valence-electron chi connectivity index (χ3n) is 3.24. The fraction of sp³-hybridized carbons (Fsp3) is 0.235. The second kappa shape index (κ2) is 5.13. The number of nitrogen functional groups attached to an aromatic ring is 1. The van der Waals surface area contributed by atoms with Gasteiger partial charge in [-0.05, 0) is 56.7 Å². The molecule has 0 saturated heterocycles. The third kappa shape index (κ3) is 2.70. The van der Waals surface area contributed by atoms with Crippen molar-refractivity contribution in [3.63, 3.8) is 0 Å². The maximum atomic E-state index is 6.02. The van der Waals surface area contributed by atoms with E-state index in [-0.39, 0.29) is 6.10 Å². The molecule has 4 nitrogen and oxygen atoms in total. The van der Waals surface area contributed by atoms with Crippen molar-refractivity contribution in [3.8, 4) is 17.0 Å². The molecule has 0 saturated carbocycles. The maximum absolute atomic E-state index is 6.02. The first-order valence-corrected chi connectivity index (χ1v) is 7.05. The summed E-state index contributed by atoms with van der Waals surface area (Å²) in [4.78, 5) is 4.61. The molecule has 0 aliphatic rings. The van der Waals surface area contributed by atoms with Crippen LogP contribution in [0.2, 0.25) is 0 Å². The molecule has 0 amide bonds. The molecule has 21 heavy (non-hydrogen) atoms. The molecule has 0 bridgehead atoms. The normalized spacial score (nSPS) is 11.2. The number of anilines is 1. The van der Waals surface area contributed by atoms with Gasteiger partial charge in [0, 0.05) is 18.0 Å². The number of pyridine rings is 1. The Labute approximate surface area is 124 Å². The number of aromatic nitrogens is 2. The number of rotatable bonds is 3. The van der Waals surface area contributed by atoms with Gasteiger partial charge in [-0.15, -0.1) is 0 Å². The minimum absolute atomic E-state index is 0.175. The lowest BCUT2D eigenvalue weighted by Crippen LogP contribution is -2.05. The van der Waals surface area contributed by atoms with Crippen LogP contribution < -0.4 is 10.5 Å². The molecule has 3 aromatic rings. The second-order valence-electron chi connectivity index (χ2n) is 5.52. The van der Waals surface area contributed by atoms with Crippen molar-refractivity contribution in [3.05, 3.63) is 48.3 Å². The van der Waals surface area contributed by atoms with Gasteiger partial charge in [0.2, 0.25) is 0 Å². The fourth-order valence-electron chi connectivity index (χ4n) is 2.39. The van der Waals surface area contributed by atoms with Gasteiger partial charge >= 0.3 is 0 Å². The minimum atomic E-state index is 0.175. The van der Waals surface area contributed by atoms with Gasteiger partial charge in [-0.25, -0.2) is 4.98 Å². The molecule has 108 valence electrons. The largest absolute Gasteiger partial charge is 0.491 e. The van der Waals surface area contributed by atoms with Crippen LogP contribution in [0.4, 0.5) is 5.69 Å². The monoisotopic (exact) mass is 281 g/mol. The first kappa shape index (κ1) is 13.5. The van der Waals surface area contributed by atoms with E-state index in [9.17, 15) is 0 Å². The molecule has 3 rings (SSSR count). The van der Waals surface area contributed by atoms with E-state index in [4.69, 9.17) is 10.5 Å². The topological polar surface area (TPSA) is 52.5 Å². The third-order valence-corrected chi connectivity index (χ3v) is 3.24. The SMILES string of the molecule is Cc1cc(N)c2nc(-c3ccc(OC(C)C)cc3)cn2c1. The molecule has 0 atom stereocenters. The van der Waals surface area contributed by atoms with Crippen molar-refractivity contribution in [2.45, 2.75) is 26.9 Å². The summed E-state index contributed by atoms with van der Waals surface area (Å²) >= 11 is 0. The predicted molar refractivity (Wildman–Crippen MR) is 85.5 cm³/mol. The average molecular weight is 281 g/mol. The average Bonchev–Trinajstić information content (AvgIpc) is 2.83. The van der Waals surface area contributed by atoms with Crippen molar-refractivity contribution >= 4 is 11.3 Å². The molecule has 4 heteroatoms. The van der Waals surface area contributed by atoms with Gasteiger partial charge in [0.25, 0.3) is 0 Å². The van der Waals surface area contributed by atoms with Crippen molar-refractivity contribution < 1.29 is 4.74 Å². The Bertz CT molecular complexity index is 773.